The highest BCUT2D eigenvalue weighted by molar-refractivity contribution is 14.1. The Morgan fingerprint density at radius 3 is 2.36 bits per heavy atom. The molecule has 192 valence electrons. The lowest BCUT2D eigenvalue weighted by atomic mass is 10.0. The molecule has 17 N–H and O–H groups in total. The third-order valence-corrected chi connectivity index (χ3v) is 6.92. The second-order valence-electron chi connectivity index (χ2n) is 7.02. The summed E-state index contributed by atoms with van der Waals surface area (Å²) in [4.78, 5) is 57.2. The summed E-state index contributed by atoms with van der Waals surface area (Å²) in [6, 6.07) is -0.381. The van der Waals surface area contributed by atoms with E-state index in [0.717, 1.165) is 0 Å². The first-order valence-electron chi connectivity index (χ1n) is 8.38. The first-order valence-corrected chi connectivity index (χ1v) is 12.4. The Bertz CT molecular complexity index is 1060. The molecule has 0 amide bonds. The summed E-state index contributed by atoms with van der Waals surface area (Å²) in [5.41, 5.74) is -0.0732. The highest BCUT2D eigenvalue weighted by Gasteiger charge is 2.68. The van der Waals surface area contributed by atoms with Gasteiger partial charge in [0.1, 0.15) is 0 Å². The summed E-state index contributed by atoms with van der Waals surface area (Å²) >= 11 is 1.95. The maximum atomic E-state index is 11.2. The van der Waals surface area contributed by atoms with Crippen molar-refractivity contribution < 1.29 is 37.8 Å². The Labute approximate surface area is 202 Å². The average molecular weight is 629 g/mol. The molecule has 0 aromatic carbocycles. The van der Waals surface area contributed by atoms with Gasteiger partial charge in [-0.05, 0) is 18.8 Å². The third-order valence-electron chi connectivity index (χ3n) is 5.48. The van der Waals surface area contributed by atoms with Gasteiger partial charge in [-0.15, -0.1) is 0 Å². The van der Waals surface area contributed by atoms with E-state index in [1.807, 2.05) is 22.6 Å². The number of phosphoric acid groups is 2. The Morgan fingerprint density at radius 1 is 1.18 bits per heavy atom. The molecule has 0 spiro atoms. The highest BCUT2D eigenvalue weighted by Crippen LogP contribution is 2.70. The number of rotatable bonds is 7. The number of hydrogen-bond donors (Lipinski definition) is 5. The number of nitrogens with zero attached hydrogens (tertiary/aromatic N) is 4. The molecule has 0 bridgehead atoms. The number of quaternary nitrogens is 4. The van der Waals surface area contributed by atoms with E-state index in [-0.39, 0.29) is 43.0 Å². The van der Waals surface area contributed by atoms with Crippen molar-refractivity contribution in [1.29, 1.82) is 0 Å². The molecule has 2 aromatic heterocycles. The molecule has 0 saturated heterocycles. The summed E-state index contributed by atoms with van der Waals surface area (Å²) in [6.07, 6.45) is 0.814. The van der Waals surface area contributed by atoms with Crippen LogP contribution in [0.15, 0.2) is 6.33 Å². The van der Waals surface area contributed by atoms with Crippen LogP contribution in [-0.2, 0) is 18.2 Å². The molecule has 4 rings (SSSR count). The molecule has 4 atom stereocenters. The predicted molar refractivity (Wildman–Crippen MR) is 122 cm³/mol. The van der Waals surface area contributed by atoms with Crippen molar-refractivity contribution >= 4 is 55.2 Å². The zero-order valence-corrected chi connectivity index (χ0v) is 22.7. The number of fused-ring (bicyclic) bond motifs is 2. The van der Waals surface area contributed by atoms with Gasteiger partial charge in [-0.25, -0.2) is 15.0 Å². The van der Waals surface area contributed by atoms with Crippen molar-refractivity contribution in [2.45, 2.75) is 25.0 Å². The molecule has 0 aliphatic heterocycles. The topological polar surface area (TPSA) is 346 Å². The number of nitrogens with one attached hydrogen (secondary N) is 1. The summed E-state index contributed by atoms with van der Waals surface area (Å²) in [7, 11) is -8.94. The molecule has 20 heteroatoms. The van der Waals surface area contributed by atoms with Crippen LogP contribution in [0.3, 0.4) is 0 Å². The van der Waals surface area contributed by atoms with E-state index in [4.69, 9.17) is 4.52 Å². The van der Waals surface area contributed by atoms with Gasteiger partial charge in [0.25, 0.3) is 0 Å². The average Bonchev–Trinajstić information content (AvgIpc) is 3.07. The summed E-state index contributed by atoms with van der Waals surface area (Å²) in [5.74, 6) is 0.227. The van der Waals surface area contributed by atoms with E-state index < -0.39 is 33.8 Å². The van der Waals surface area contributed by atoms with Gasteiger partial charge in [0.15, 0.2) is 20.8 Å². The maximum Gasteiger partial charge on any atom is 0.194 e. The molecular formula is C13H30IN9O8P2. The van der Waals surface area contributed by atoms with Crippen molar-refractivity contribution in [3.63, 3.8) is 0 Å². The molecule has 2 saturated carbocycles. The first-order chi connectivity index (χ1) is 13.4. The molecule has 2 fully saturated rings. The van der Waals surface area contributed by atoms with Crippen LogP contribution < -0.4 is 49.5 Å². The molecule has 17 nitrogen and oxygen atoms in total. The normalized spacial score (nSPS) is 25.7. The zero-order valence-electron chi connectivity index (χ0n) is 18.8. The molecule has 33 heavy (non-hydrogen) atoms. The summed E-state index contributed by atoms with van der Waals surface area (Å²) in [6.45, 7) is -0.552. The fraction of sp³-hybridized carbons (Fsp3) is 0.615. The SMILES string of the molecule is CNc1nc(I)nc2c1ncn2[C@H]1C[C@H](OP(=O)([O-])[O-])[C@@]2(COP(=O)([O-])[O-])C[C@H]12.[NH4+].[NH4+].[NH4+].[NH4+]. The number of anilines is 1. The summed E-state index contributed by atoms with van der Waals surface area (Å²) < 4.78 is 33.5. The van der Waals surface area contributed by atoms with Gasteiger partial charge in [-0.1, -0.05) is 0 Å². The van der Waals surface area contributed by atoms with E-state index >= 15 is 0 Å². The number of aromatic nitrogens is 4. The number of hydrogen-bond acceptors (Lipinski definition) is 12. The van der Waals surface area contributed by atoms with Crippen LogP contribution in [0.25, 0.3) is 11.2 Å². The molecule has 2 aliphatic carbocycles. The van der Waals surface area contributed by atoms with Gasteiger partial charge in [-0.3, -0.25) is 0 Å². The second kappa shape index (κ2) is 10.8. The minimum absolute atomic E-state index is 0. The van der Waals surface area contributed by atoms with Crippen LogP contribution in [0.4, 0.5) is 5.82 Å². The first kappa shape index (κ1) is 32.1. The lowest BCUT2D eigenvalue weighted by Gasteiger charge is -2.37. The fourth-order valence-corrected chi connectivity index (χ4v) is 5.71. The van der Waals surface area contributed by atoms with Gasteiger partial charge >= 0.3 is 0 Å². The fourth-order valence-electron chi connectivity index (χ4n) is 4.23. The van der Waals surface area contributed by atoms with Crippen molar-refractivity contribution in [3.05, 3.63) is 10.2 Å². The van der Waals surface area contributed by atoms with E-state index in [1.165, 1.54) is 6.33 Å². The number of phosphoric ester groups is 2. The van der Waals surface area contributed by atoms with E-state index in [9.17, 15) is 28.7 Å². The number of halogens is 1. The second-order valence-corrected chi connectivity index (χ2v) is 10.2. The largest absolute Gasteiger partial charge is 0.790 e. The predicted octanol–water partition coefficient (Wildman–Crippen LogP) is -0.0123. The minimum Gasteiger partial charge on any atom is -0.790 e. The van der Waals surface area contributed by atoms with Gasteiger partial charge < -0.3 is 72.2 Å². The van der Waals surface area contributed by atoms with Crippen molar-refractivity contribution in [2.24, 2.45) is 11.3 Å². The van der Waals surface area contributed by atoms with Crippen LogP contribution in [0, 0.1) is 15.2 Å². The van der Waals surface area contributed by atoms with Gasteiger partial charge in [0, 0.05) is 41.1 Å². The number of imidazole rings is 1. The van der Waals surface area contributed by atoms with Gasteiger partial charge in [-0.2, -0.15) is 0 Å². The van der Waals surface area contributed by atoms with Crippen LogP contribution in [0.1, 0.15) is 18.9 Å². The minimum atomic E-state index is -5.35. The molecule has 2 heterocycles. The van der Waals surface area contributed by atoms with Crippen LogP contribution in [0.2, 0.25) is 0 Å². The third kappa shape index (κ3) is 6.23. The van der Waals surface area contributed by atoms with Crippen molar-refractivity contribution in [3.8, 4) is 0 Å². The highest BCUT2D eigenvalue weighted by atomic mass is 127. The van der Waals surface area contributed by atoms with Gasteiger partial charge in [0.2, 0.25) is 0 Å². The standard InChI is InChI=1S/C13H18IN5O8P2.4H3N/c1-15-10-9-11(18-12(14)17-10)19(5-16-9)7-2-8(27-29(23,24)25)13(3-6(7)13)4-26-28(20,21)22;;;;/h5-8H,2-4H2,1H3,(H,15,17,18)(H2,20,21,22)(H2,23,24,25);4*1H3/t6-,7+,8+,13-;;;;/m1..../s1. The molecular weight excluding hydrogens is 599 g/mol. The Balaban J connectivity index is 0.00000256. The lowest BCUT2D eigenvalue weighted by molar-refractivity contribution is -0.347. The molecule has 2 aliphatic rings. The quantitative estimate of drug-likeness (QED) is 0.153. The monoisotopic (exact) mass is 629 g/mol. The van der Waals surface area contributed by atoms with Crippen LogP contribution >= 0.6 is 38.2 Å². The Kier molecular flexibility index (Phi) is 10.5. The van der Waals surface area contributed by atoms with Gasteiger partial charge in [0.05, 0.1) is 34.7 Å². The smallest absolute Gasteiger partial charge is 0.194 e. The maximum absolute atomic E-state index is 11.2. The van der Waals surface area contributed by atoms with Crippen LogP contribution in [-0.4, -0.2) is 39.3 Å². The summed E-state index contributed by atoms with van der Waals surface area (Å²) in [5, 5.41) is 2.92. The molecule has 0 unspecified atom stereocenters. The zero-order chi connectivity index (χ0) is 21.2. The van der Waals surface area contributed by atoms with Crippen LogP contribution in [0.5, 0.6) is 0 Å². The van der Waals surface area contributed by atoms with E-state index in [0.29, 0.717) is 27.2 Å². The Hall–Kier alpha value is -0.860. The van der Waals surface area contributed by atoms with Crippen molar-refractivity contribution in [1.82, 2.24) is 44.1 Å². The van der Waals surface area contributed by atoms with E-state index in [2.05, 4.69) is 24.8 Å². The molecule has 0 radical (unpaired) electrons. The molecule has 2 aromatic rings. The Morgan fingerprint density at radius 2 is 1.82 bits per heavy atom. The van der Waals surface area contributed by atoms with E-state index in [1.54, 1.807) is 11.6 Å². The lowest BCUT2D eigenvalue weighted by Crippen LogP contribution is -2.32. The van der Waals surface area contributed by atoms with Crippen molar-refractivity contribution in [2.75, 3.05) is 19.0 Å².